The SMILES string of the molecule is CC(C)(F)c1cc(C#N)cc2nc(-c3ccc(C(=O)NCC4CCN(c5ccc(C(F)(F)F)cn5)CC4)cc3)oc12. The number of nitrogens with zero attached hydrogens (tertiary/aromatic N) is 4. The molecule has 4 aromatic rings. The Labute approximate surface area is 233 Å². The van der Waals surface area contributed by atoms with Gasteiger partial charge < -0.3 is 14.6 Å². The van der Waals surface area contributed by atoms with Gasteiger partial charge in [0.15, 0.2) is 5.58 Å². The number of fused-ring (bicyclic) bond motifs is 1. The molecule has 1 saturated heterocycles. The minimum absolute atomic E-state index is 0.232. The number of carbonyl (C=O) groups is 1. The summed E-state index contributed by atoms with van der Waals surface area (Å²) in [5.74, 6) is 0.758. The molecule has 41 heavy (non-hydrogen) atoms. The van der Waals surface area contributed by atoms with E-state index in [0.29, 0.717) is 42.1 Å². The summed E-state index contributed by atoms with van der Waals surface area (Å²) >= 11 is 0. The zero-order chi connectivity index (χ0) is 29.4. The van der Waals surface area contributed by atoms with Crippen molar-refractivity contribution >= 4 is 22.8 Å². The highest BCUT2D eigenvalue weighted by Gasteiger charge is 2.31. The summed E-state index contributed by atoms with van der Waals surface area (Å²) in [6.45, 7) is 4.52. The number of hydrogen-bond acceptors (Lipinski definition) is 6. The molecule has 1 aliphatic heterocycles. The number of nitrogens with one attached hydrogen (secondary N) is 1. The van der Waals surface area contributed by atoms with Crippen molar-refractivity contribution in [2.24, 2.45) is 5.92 Å². The molecule has 2 aromatic carbocycles. The van der Waals surface area contributed by atoms with Crippen LogP contribution in [0.1, 0.15) is 53.7 Å². The number of benzene rings is 2. The minimum Gasteiger partial charge on any atom is -0.436 e. The largest absolute Gasteiger partial charge is 0.436 e. The third-order valence-corrected chi connectivity index (χ3v) is 7.22. The normalized spacial score (nSPS) is 14.7. The summed E-state index contributed by atoms with van der Waals surface area (Å²) < 4.78 is 59.0. The van der Waals surface area contributed by atoms with E-state index in [1.807, 2.05) is 11.0 Å². The maximum Gasteiger partial charge on any atom is 0.417 e. The van der Waals surface area contributed by atoms with Crippen molar-refractivity contribution in [1.29, 1.82) is 5.26 Å². The number of anilines is 1. The van der Waals surface area contributed by atoms with Crippen molar-refractivity contribution in [2.45, 2.75) is 38.5 Å². The monoisotopic (exact) mass is 565 g/mol. The first kappa shape index (κ1) is 28.1. The zero-order valence-electron chi connectivity index (χ0n) is 22.4. The van der Waals surface area contributed by atoms with Gasteiger partial charge in [-0.15, -0.1) is 0 Å². The molecule has 2 aromatic heterocycles. The smallest absolute Gasteiger partial charge is 0.417 e. The van der Waals surface area contributed by atoms with E-state index in [0.717, 1.165) is 25.1 Å². The molecule has 1 N–H and O–H groups in total. The number of nitriles is 1. The van der Waals surface area contributed by atoms with Crippen LogP contribution in [0.25, 0.3) is 22.6 Å². The second-order valence-electron chi connectivity index (χ2n) is 10.6. The number of oxazole rings is 1. The molecule has 0 saturated carbocycles. The fourth-order valence-electron chi connectivity index (χ4n) is 4.87. The topological polar surface area (TPSA) is 95.0 Å². The predicted octanol–water partition coefficient (Wildman–Crippen LogP) is 6.63. The molecule has 0 aliphatic carbocycles. The Balaban J connectivity index is 1.18. The van der Waals surface area contributed by atoms with Gasteiger partial charge in [0.05, 0.1) is 17.2 Å². The number of piperidine rings is 1. The van der Waals surface area contributed by atoms with Gasteiger partial charge in [-0.2, -0.15) is 18.4 Å². The molecule has 0 atom stereocenters. The highest BCUT2D eigenvalue weighted by molar-refractivity contribution is 5.94. The van der Waals surface area contributed by atoms with Crippen LogP contribution in [0, 0.1) is 17.2 Å². The molecule has 11 heteroatoms. The Hall–Kier alpha value is -4.46. The summed E-state index contributed by atoms with van der Waals surface area (Å²) in [6.07, 6.45) is -2.03. The second kappa shape index (κ2) is 10.8. The molecule has 0 radical (unpaired) electrons. The highest BCUT2D eigenvalue weighted by atomic mass is 19.4. The first-order valence-electron chi connectivity index (χ1n) is 13.1. The fourth-order valence-corrected chi connectivity index (χ4v) is 4.87. The Bertz CT molecular complexity index is 1590. The number of carbonyl (C=O) groups excluding carboxylic acids is 1. The average Bonchev–Trinajstić information content (AvgIpc) is 3.39. The molecular formula is C30H27F4N5O2. The van der Waals surface area contributed by atoms with E-state index >= 15 is 0 Å². The van der Waals surface area contributed by atoms with Crippen molar-refractivity contribution < 1.29 is 26.8 Å². The Morgan fingerprint density at radius 3 is 2.39 bits per heavy atom. The number of rotatable bonds is 6. The van der Waals surface area contributed by atoms with Crippen molar-refractivity contribution in [3.8, 4) is 17.5 Å². The van der Waals surface area contributed by atoms with Crippen LogP contribution in [0.15, 0.2) is 59.1 Å². The summed E-state index contributed by atoms with van der Waals surface area (Å²) in [4.78, 5) is 23.1. The first-order chi connectivity index (χ1) is 19.4. The Morgan fingerprint density at radius 2 is 1.80 bits per heavy atom. The standard InChI is InChI=1S/C30H27F4N5O2/c1-29(2,31)23-13-19(15-35)14-24-26(23)41-28(38-24)21-5-3-20(4-6-21)27(40)37-16-18-9-11-39(12-10-18)25-8-7-22(17-36-25)30(32,33)34/h3-8,13-14,17-18H,9-12,16H2,1-2H3,(H,37,40). The summed E-state index contributed by atoms with van der Waals surface area (Å²) in [5.41, 5.74) is -0.286. The van der Waals surface area contributed by atoms with Crippen LogP contribution in [0.2, 0.25) is 0 Å². The number of alkyl halides is 4. The highest BCUT2D eigenvalue weighted by Crippen LogP contribution is 2.35. The summed E-state index contributed by atoms with van der Waals surface area (Å²) in [7, 11) is 0. The van der Waals surface area contributed by atoms with Crippen LogP contribution < -0.4 is 10.2 Å². The van der Waals surface area contributed by atoms with E-state index in [4.69, 9.17) is 4.42 Å². The first-order valence-corrected chi connectivity index (χ1v) is 13.1. The molecule has 0 bridgehead atoms. The molecule has 5 rings (SSSR count). The van der Waals surface area contributed by atoms with E-state index in [1.54, 1.807) is 30.3 Å². The van der Waals surface area contributed by atoms with Gasteiger partial charge in [-0.1, -0.05) is 0 Å². The van der Waals surface area contributed by atoms with Crippen LogP contribution in [0.3, 0.4) is 0 Å². The van der Waals surface area contributed by atoms with Crippen molar-refractivity contribution in [3.05, 3.63) is 77.0 Å². The average molecular weight is 566 g/mol. The van der Waals surface area contributed by atoms with Gasteiger partial charge in [0.1, 0.15) is 17.0 Å². The van der Waals surface area contributed by atoms with Gasteiger partial charge in [-0.3, -0.25) is 4.79 Å². The minimum atomic E-state index is -4.41. The van der Waals surface area contributed by atoms with E-state index in [-0.39, 0.29) is 34.4 Å². The Morgan fingerprint density at radius 1 is 1.10 bits per heavy atom. The lowest BCUT2D eigenvalue weighted by Crippen LogP contribution is -2.39. The van der Waals surface area contributed by atoms with Crippen LogP contribution in [0.4, 0.5) is 23.4 Å². The van der Waals surface area contributed by atoms with E-state index < -0.39 is 17.4 Å². The van der Waals surface area contributed by atoms with Crippen LogP contribution in [0.5, 0.6) is 0 Å². The number of hydrogen-bond donors (Lipinski definition) is 1. The number of halogens is 4. The van der Waals surface area contributed by atoms with Crippen LogP contribution >= 0.6 is 0 Å². The molecule has 1 fully saturated rings. The second-order valence-corrected chi connectivity index (χ2v) is 10.6. The van der Waals surface area contributed by atoms with Gasteiger partial charge in [0, 0.05) is 42.5 Å². The van der Waals surface area contributed by atoms with E-state index in [9.17, 15) is 27.6 Å². The molecular weight excluding hydrogens is 538 g/mol. The molecule has 212 valence electrons. The van der Waals surface area contributed by atoms with Gasteiger partial charge >= 0.3 is 6.18 Å². The number of aromatic nitrogens is 2. The lowest BCUT2D eigenvalue weighted by Gasteiger charge is -2.33. The summed E-state index contributed by atoms with van der Waals surface area (Å²) in [5, 5.41) is 12.3. The maximum absolute atomic E-state index is 14.8. The fraction of sp³-hybridized carbons (Fsp3) is 0.333. The van der Waals surface area contributed by atoms with Crippen molar-refractivity contribution in [1.82, 2.24) is 15.3 Å². The van der Waals surface area contributed by atoms with Gasteiger partial charge in [0.2, 0.25) is 5.89 Å². The van der Waals surface area contributed by atoms with Crippen LogP contribution in [-0.4, -0.2) is 35.5 Å². The maximum atomic E-state index is 14.8. The molecule has 0 spiro atoms. The van der Waals surface area contributed by atoms with Crippen molar-refractivity contribution in [3.63, 3.8) is 0 Å². The predicted molar refractivity (Wildman–Crippen MR) is 145 cm³/mol. The van der Waals surface area contributed by atoms with E-state index in [2.05, 4.69) is 15.3 Å². The lowest BCUT2D eigenvalue weighted by molar-refractivity contribution is -0.137. The number of pyridine rings is 1. The summed E-state index contributed by atoms with van der Waals surface area (Å²) in [6, 6.07) is 14.1. The van der Waals surface area contributed by atoms with Gasteiger partial charge in [0.25, 0.3) is 5.91 Å². The lowest BCUT2D eigenvalue weighted by atomic mass is 9.96. The molecule has 3 heterocycles. The molecule has 7 nitrogen and oxygen atoms in total. The molecule has 1 amide bonds. The quantitative estimate of drug-likeness (QED) is 0.264. The van der Waals surface area contributed by atoms with Crippen molar-refractivity contribution in [2.75, 3.05) is 24.5 Å². The molecule has 1 aliphatic rings. The van der Waals surface area contributed by atoms with Gasteiger partial charge in [-0.25, -0.2) is 14.4 Å². The van der Waals surface area contributed by atoms with Crippen LogP contribution in [-0.2, 0) is 11.8 Å². The van der Waals surface area contributed by atoms with Gasteiger partial charge in [-0.05, 0) is 81.1 Å². The zero-order valence-corrected chi connectivity index (χ0v) is 22.4. The molecule has 0 unspecified atom stereocenters. The third-order valence-electron chi connectivity index (χ3n) is 7.22. The third kappa shape index (κ3) is 6.16. The number of amides is 1. The van der Waals surface area contributed by atoms with E-state index in [1.165, 1.54) is 26.0 Å². The Kier molecular flexibility index (Phi) is 7.43.